The van der Waals surface area contributed by atoms with Gasteiger partial charge in [-0.05, 0) is 39.7 Å². The lowest BCUT2D eigenvalue weighted by atomic mass is 9.83. The molecule has 1 N–H and O–H groups in total. The molecule has 8 nitrogen and oxygen atoms in total. The molecule has 0 aliphatic carbocycles. The van der Waals surface area contributed by atoms with Gasteiger partial charge in [0.05, 0.1) is 23.4 Å². The van der Waals surface area contributed by atoms with Crippen molar-refractivity contribution in [3.63, 3.8) is 0 Å². The van der Waals surface area contributed by atoms with Crippen LogP contribution < -0.4 is 5.32 Å². The van der Waals surface area contributed by atoms with Crippen LogP contribution in [0.5, 0.6) is 0 Å². The quantitative estimate of drug-likeness (QED) is 0.795. The van der Waals surface area contributed by atoms with E-state index in [0.717, 1.165) is 19.1 Å². The molecule has 2 unspecified atom stereocenters. The molecule has 0 radical (unpaired) electrons. The first-order chi connectivity index (χ1) is 12.0. The first kappa shape index (κ1) is 19.0. The van der Waals surface area contributed by atoms with Gasteiger partial charge >= 0.3 is 6.09 Å². The summed E-state index contributed by atoms with van der Waals surface area (Å²) in [5.74, 6) is 0. The Kier molecular flexibility index (Phi) is 4.72. The van der Waals surface area contributed by atoms with Crippen LogP contribution >= 0.6 is 0 Å². The second kappa shape index (κ2) is 6.45. The molecule has 2 bridgehead atoms. The van der Waals surface area contributed by atoms with E-state index in [1.807, 2.05) is 0 Å². The monoisotopic (exact) mass is 383 g/mol. The molecule has 3 heterocycles. The van der Waals surface area contributed by atoms with Gasteiger partial charge in [0.1, 0.15) is 11.9 Å². The number of rotatable bonds is 3. The fraction of sp³-hybridized carbons (Fsp3) is 0.706. The van der Waals surface area contributed by atoms with Crippen molar-refractivity contribution < 1.29 is 22.7 Å². The Morgan fingerprint density at radius 1 is 1.27 bits per heavy atom. The highest BCUT2D eigenvalue weighted by Gasteiger charge is 2.48. The van der Waals surface area contributed by atoms with E-state index < -0.39 is 27.1 Å². The summed E-state index contributed by atoms with van der Waals surface area (Å²) in [5, 5.41) is 2.90. The molecule has 1 aromatic rings. The van der Waals surface area contributed by atoms with Crippen LogP contribution in [0.15, 0.2) is 17.4 Å². The summed E-state index contributed by atoms with van der Waals surface area (Å²) in [6, 6.07) is 1.44. The number of fused-ring (bicyclic) bond motifs is 2. The second-order valence-corrected chi connectivity index (χ2v) is 10.1. The maximum absolute atomic E-state index is 12.5. The van der Waals surface area contributed by atoms with E-state index in [0.29, 0.717) is 18.5 Å². The first-order valence-electron chi connectivity index (χ1n) is 8.66. The summed E-state index contributed by atoms with van der Waals surface area (Å²) in [4.78, 5) is 20.6. The summed E-state index contributed by atoms with van der Waals surface area (Å²) in [5.41, 5.74) is -1.01. The van der Waals surface area contributed by atoms with Crippen LogP contribution in [-0.4, -0.2) is 48.5 Å². The maximum atomic E-state index is 12.5. The van der Waals surface area contributed by atoms with Gasteiger partial charge in [-0.3, -0.25) is 0 Å². The van der Waals surface area contributed by atoms with Crippen molar-refractivity contribution in [1.82, 2.24) is 15.3 Å². The Hall–Kier alpha value is -1.74. The van der Waals surface area contributed by atoms with E-state index in [1.165, 1.54) is 12.4 Å². The number of sulfone groups is 1. The van der Waals surface area contributed by atoms with Crippen LogP contribution in [0.2, 0.25) is 0 Å². The van der Waals surface area contributed by atoms with Crippen LogP contribution in [0.3, 0.4) is 0 Å². The third-order valence-corrected chi connectivity index (χ3v) is 5.58. The van der Waals surface area contributed by atoms with Gasteiger partial charge in [-0.1, -0.05) is 0 Å². The highest BCUT2D eigenvalue weighted by molar-refractivity contribution is 7.90. The van der Waals surface area contributed by atoms with Crippen LogP contribution in [-0.2, 0) is 24.8 Å². The maximum Gasteiger partial charge on any atom is 0.408 e. The van der Waals surface area contributed by atoms with Crippen molar-refractivity contribution in [2.24, 2.45) is 0 Å². The minimum Gasteiger partial charge on any atom is -0.444 e. The normalized spacial score (nSPS) is 28.6. The molecule has 2 aliphatic rings. The molecule has 3 rings (SSSR count). The molecular formula is C17H25N3O5S. The van der Waals surface area contributed by atoms with Gasteiger partial charge in [-0.2, -0.15) is 0 Å². The molecule has 9 heteroatoms. The van der Waals surface area contributed by atoms with Crippen molar-refractivity contribution in [1.29, 1.82) is 0 Å². The Bertz CT molecular complexity index is 791. The zero-order valence-corrected chi connectivity index (χ0v) is 16.3. The summed E-state index contributed by atoms with van der Waals surface area (Å²) >= 11 is 0. The predicted octanol–water partition coefficient (Wildman–Crippen LogP) is 1.94. The number of hydrogen-bond acceptors (Lipinski definition) is 7. The summed E-state index contributed by atoms with van der Waals surface area (Å²) in [7, 11) is -3.49. The highest BCUT2D eigenvalue weighted by Crippen LogP contribution is 2.43. The van der Waals surface area contributed by atoms with Gasteiger partial charge in [-0.25, -0.2) is 23.2 Å². The molecular weight excluding hydrogens is 358 g/mol. The molecule has 0 saturated carbocycles. The van der Waals surface area contributed by atoms with Crippen LogP contribution in [0, 0.1) is 0 Å². The van der Waals surface area contributed by atoms with Crippen molar-refractivity contribution in [3.8, 4) is 0 Å². The van der Waals surface area contributed by atoms with E-state index in [9.17, 15) is 13.2 Å². The minimum atomic E-state index is -3.49. The van der Waals surface area contributed by atoms with Gasteiger partial charge in [0.2, 0.25) is 0 Å². The molecule has 1 aromatic heterocycles. The van der Waals surface area contributed by atoms with Crippen molar-refractivity contribution in [2.45, 2.75) is 74.8 Å². The van der Waals surface area contributed by atoms with E-state index >= 15 is 0 Å². The van der Waals surface area contributed by atoms with Crippen molar-refractivity contribution in [3.05, 3.63) is 18.1 Å². The molecule has 144 valence electrons. The van der Waals surface area contributed by atoms with Crippen molar-refractivity contribution in [2.75, 3.05) is 6.26 Å². The summed E-state index contributed by atoms with van der Waals surface area (Å²) in [6.45, 7) is 5.37. The zero-order chi connectivity index (χ0) is 19.2. The van der Waals surface area contributed by atoms with E-state index in [1.54, 1.807) is 20.8 Å². The number of amides is 1. The van der Waals surface area contributed by atoms with Crippen molar-refractivity contribution >= 4 is 15.9 Å². The van der Waals surface area contributed by atoms with Gasteiger partial charge < -0.3 is 14.8 Å². The Morgan fingerprint density at radius 3 is 2.42 bits per heavy atom. The molecule has 1 amide bonds. The Morgan fingerprint density at radius 2 is 1.88 bits per heavy atom. The van der Waals surface area contributed by atoms with Gasteiger partial charge in [0, 0.05) is 19.1 Å². The summed E-state index contributed by atoms with van der Waals surface area (Å²) in [6.07, 6.45) is 4.62. The fourth-order valence-corrected chi connectivity index (χ4v) is 4.18. The molecule has 2 saturated heterocycles. The zero-order valence-electron chi connectivity index (χ0n) is 15.5. The smallest absolute Gasteiger partial charge is 0.408 e. The largest absolute Gasteiger partial charge is 0.444 e. The van der Waals surface area contributed by atoms with Crippen LogP contribution in [0.25, 0.3) is 0 Å². The van der Waals surface area contributed by atoms with E-state index in [4.69, 9.17) is 9.47 Å². The topological polar surface area (TPSA) is 107 Å². The first-order valence-corrected chi connectivity index (χ1v) is 10.6. The molecule has 2 fully saturated rings. The van der Waals surface area contributed by atoms with E-state index in [2.05, 4.69) is 15.3 Å². The average Bonchev–Trinajstić information content (AvgIpc) is 2.84. The van der Waals surface area contributed by atoms with Crippen LogP contribution in [0.4, 0.5) is 4.79 Å². The highest BCUT2D eigenvalue weighted by atomic mass is 32.2. The lowest BCUT2D eigenvalue weighted by molar-refractivity contribution is -0.0447. The fourth-order valence-electron chi connectivity index (χ4n) is 3.62. The minimum absolute atomic E-state index is 0.000311. The van der Waals surface area contributed by atoms with Gasteiger partial charge in [0.25, 0.3) is 0 Å². The number of alkyl carbamates (subject to hydrolysis) is 1. The summed E-state index contributed by atoms with van der Waals surface area (Å²) < 4.78 is 35.1. The van der Waals surface area contributed by atoms with Gasteiger partial charge in [-0.15, -0.1) is 0 Å². The standard InChI is InChI=1S/C17H25N3O5S/c1-16(2,3)25-15(21)20-17(8-11-5-6-12(9-17)24-11)13-7-14(19-10-18-13)26(4,22)23/h7,10-12H,5-6,8-9H2,1-4H3,(H,20,21). The third-order valence-electron chi connectivity index (χ3n) is 4.60. The third kappa shape index (κ3) is 4.15. The Balaban J connectivity index is 1.98. The molecule has 2 aliphatic heterocycles. The molecule has 0 spiro atoms. The van der Waals surface area contributed by atoms with Crippen LogP contribution in [0.1, 0.15) is 52.1 Å². The lowest BCUT2D eigenvalue weighted by Gasteiger charge is -2.41. The SMILES string of the molecule is CC(C)(C)OC(=O)NC1(c2cc(S(C)(=O)=O)ncn2)CC2CCC(C1)O2. The number of ether oxygens (including phenoxy) is 2. The number of nitrogens with one attached hydrogen (secondary N) is 1. The number of carbonyl (C=O) groups excluding carboxylic acids is 1. The number of aromatic nitrogens is 2. The molecule has 26 heavy (non-hydrogen) atoms. The number of nitrogens with zero attached hydrogens (tertiary/aromatic N) is 2. The predicted molar refractivity (Wildman–Crippen MR) is 93.3 cm³/mol. The average molecular weight is 383 g/mol. The molecule has 0 aromatic carbocycles. The number of hydrogen-bond donors (Lipinski definition) is 1. The second-order valence-electron chi connectivity index (χ2n) is 8.09. The lowest BCUT2D eigenvalue weighted by Crippen LogP contribution is -2.53. The molecule has 2 atom stereocenters. The number of carbonyl (C=O) groups is 1. The Labute approximate surface area is 153 Å². The van der Waals surface area contributed by atoms with Gasteiger partial charge in [0.15, 0.2) is 14.9 Å². The van der Waals surface area contributed by atoms with E-state index in [-0.39, 0.29) is 17.2 Å².